The van der Waals surface area contributed by atoms with E-state index in [1.54, 1.807) is 0 Å². The number of nitrogens with zero attached hydrogens (tertiary/aromatic N) is 1. The quantitative estimate of drug-likeness (QED) is 0.106. The highest BCUT2D eigenvalue weighted by atomic mass is 35.5. The minimum atomic E-state index is -0.922. The summed E-state index contributed by atoms with van der Waals surface area (Å²) < 4.78 is 6.01. The van der Waals surface area contributed by atoms with E-state index in [-0.39, 0.29) is 24.8 Å². The molecule has 0 saturated carbocycles. The normalized spacial score (nSPS) is 12.2. The number of carboxylic acid groups (broad SMARTS) is 1. The van der Waals surface area contributed by atoms with Gasteiger partial charge in [0.25, 0.3) is 0 Å². The summed E-state index contributed by atoms with van der Waals surface area (Å²) in [5.74, 6) is -1.18. The molecule has 6 heteroatoms. The second-order valence-corrected chi connectivity index (χ2v) is 11.3. The number of ether oxygens (including phenoxy) is 1. The van der Waals surface area contributed by atoms with Crippen molar-refractivity contribution in [3.8, 4) is 0 Å². The zero-order valence-electron chi connectivity index (χ0n) is 23.6. The molecule has 0 aromatic heterocycles. The van der Waals surface area contributed by atoms with Gasteiger partial charge in [-0.1, -0.05) is 122 Å². The number of carboxylic acids is 1. The van der Waals surface area contributed by atoms with Crippen molar-refractivity contribution in [3.05, 3.63) is 0 Å². The summed E-state index contributed by atoms with van der Waals surface area (Å²) in [4.78, 5) is 23.1. The zero-order valence-corrected chi connectivity index (χ0v) is 24.4. The number of hydrogen-bond acceptors (Lipinski definition) is 3. The van der Waals surface area contributed by atoms with E-state index in [0.717, 1.165) is 12.8 Å². The van der Waals surface area contributed by atoms with Crippen molar-refractivity contribution in [2.24, 2.45) is 0 Å². The molecule has 210 valence electrons. The molecule has 5 nitrogen and oxygen atoms in total. The topological polar surface area (TPSA) is 63.6 Å². The molecular weight excluding hydrogens is 462 g/mol. The van der Waals surface area contributed by atoms with Crippen molar-refractivity contribution < 1.29 is 36.3 Å². The average molecular weight is 520 g/mol. The predicted molar refractivity (Wildman–Crippen MR) is 143 cm³/mol. The third kappa shape index (κ3) is 29.3. The summed E-state index contributed by atoms with van der Waals surface area (Å²) in [5, 5.41) is 9.04. The first-order valence-electron chi connectivity index (χ1n) is 14.5. The maximum absolute atomic E-state index is 12.1. The highest BCUT2D eigenvalue weighted by Gasteiger charge is 2.24. The Labute approximate surface area is 223 Å². The van der Waals surface area contributed by atoms with Crippen LogP contribution in [0.4, 0.5) is 0 Å². The molecule has 0 aliphatic heterocycles. The number of quaternary nitrogens is 1. The first kappa shape index (κ1) is 36.3. The minimum absolute atomic E-state index is 0. The molecule has 0 aromatic rings. The van der Waals surface area contributed by atoms with Crippen LogP contribution >= 0.6 is 0 Å². The number of unbranched alkanes of at least 4 members (excludes halogenated alkanes) is 18. The lowest BCUT2D eigenvalue weighted by atomic mass is 10.0. The first-order valence-corrected chi connectivity index (χ1v) is 14.5. The Bertz CT molecular complexity index is 494. The highest BCUT2D eigenvalue weighted by molar-refractivity contribution is 5.71. The Morgan fingerprint density at radius 1 is 0.657 bits per heavy atom. The van der Waals surface area contributed by atoms with Crippen molar-refractivity contribution in [2.45, 2.75) is 148 Å². The molecule has 0 rings (SSSR count). The molecule has 0 amide bonds. The number of aliphatic carboxylic acids is 1. The van der Waals surface area contributed by atoms with E-state index in [1.165, 1.54) is 109 Å². The van der Waals surface area contributed by atoms with E-state index in [9.17, 15) is 9.59 Å². The maximum atomic E-state index is 12.1. The molecular formula is C29H58ClNO4. The number of rotatable bonds is 25. The average Bonchev–Trinajstić information content (AvgIpc) is 2.73. The zero-order chi connectivity index (χ0) is 25.5. The SMILES string of the molecule is CCCCCCCCCCCCCCCCCCCCCC(=O)O[C@H](CC(=O)O)C[N+](C)(C)C.[Cl-]. The van der Waals surface area contributed by atoms with Crippen molar-refractivity contribution in [1.82, 2.24) is 0 Å². The van der Waals surface area contributed by atoms with Crippen LogP contribution in [0.15, 0.2) is 0 Å². The van der Waals surface area contributed by atoms with Crippen molar-refractivity contribution in [2.75, 3.05) is 27.7 Å². The van der Waals surface area contributed by atoms with Gasteiger partial charge in [-0.15, -0.1) is 0 Å². The lowest BCUT2D eigenvalue weighted by Crippen LogP contribution is -3.00. The fraction of sp³-hybridized carbons (Fsp3) is 0.931. The van der Waals surface area contributed by atoms with Gasteiger partial charge in [0.2, 0.25) is 0 Å². The van der Waals surface area contributed by atoms with Crippen LogP contribution in [-0.2, 0) is 14.3 Å². The third-order valence-corrected chi connectivity index (χ3v) is 6.44. The van der Waals surface area contributed by atoms with Gasteiger partial charge in [0.1, 0.15) is 6.54 Å². The number of likely N-dealkylation sites (N-methyl/N-ethyl adjacent to an activating group) is 1. The van der Waals surface area contributed by atoms with Gasteiger partial charge >= 0.3 is 11.9 Å². The van der Waals surface area contributed by atoms with E-state index < -0.39 is 12.1 Å². The van der Waals surface area contributed by atoms with Crippen LogP contribution in [0.2, 0.25) is 0 Å². The fourth-order valence-corrected chi connectivity index (χ4v) is 4.54. The summed E-state index contributed by atoms with van der Waals surface area (Å²) in [6.45, 7) is 2.79. The summed E-state index contributed by atoms with van der Waals surface area (Å²) in [7, 11) is 5.92. The van der Waals surface area contributed by atoms with Crippen LogP contribution in [0, 0.1) is 0 Å². The van der Waals surface area contributed by atoms with Gasteiger partial charge in [-0.3, -0.25) is 9.59 Å². The van der Waals surface area contributed by atoms with Crippen LogP contribution in [0.1, 0.15) is 142 Å². The van der Waals surface area contributed by atoms with Crippen molar-refractivity contribution in [3.63, 3.8) is 0 Å². The molecule has 0 radical (unpaired) electrons. The molecule has 0 heterocycles. The van der Waals surface area contributed by atoms with E-state index in [2.05, 4.69) is 6.92 Å². The van der Waals surface area contributed by atoms with Gasteiger partial charge in [0, 0.05) is 6.42 Å². The lowest BCUT2D eigenvalue weighted by Gasteiger charge is -2.28. The predicted octanol–water partition coefficient (Wildman–Crippen LogP) is 4.91. The Morgan fingerprint density at radius 3 is 1.31 bits per heavy atom. The van der Waals surface area contributed by atoms with Gasteiger partial charge < -0.3 is 26.7 Å². The molecule has 0 fully saturated rings. The summed E-state index contributed by atoms with van der Waals surface area (Å²) in [6.07, 6.45) is 25.0. The summed E-state index contributed by atoms with van der Waals surface area (Å²) in [6, 6.07) is 0. The van der Waals surface area contributed by atoms with Crippen molar-refractivity contribution in [1.29, 1.82) is 0 Å². The smallest absolute Gasteiger partial charge is 0.307 e. The maximum Gasteiger partial charge on any atom is 0.307 e. The Morgan fingerprint density at radius 2 is 1.00 bits per heavy atom. The highest BCUT2D eigenvalue weighted by Crippen LogP contribution is 2.15. The van der Waals surface area contributed by atoms with Crippen LogP contribution < -0.4 is 12.4 Å². The fourth-order valence-electron chi connectivity index (χ4n) is 4.54. The third-order valence-electron chi connectivity index (χ3n) is 6.44. The molecule has 0 aliphatic carbocycles. The second-order valence-electron chi connectivity index (χ2n) is 11.3. The van der Waals surface area contributed by atoms with Gasteiger partial charge in [0.15, 0.2) is 6.10 Å². The molecule has 0 aromatic carbocycles. The molecule has 35 heavy (non-hydrogen) atoms. The van der Waals surface area contributed by atoms with Gasteiger partial charge in [-0.2, -0.15) is 0 Å². The van der Waals surface area contributed by atoms with Crippen LogP contribution in [0.3, 0.4) is 0 Å². The van der Waals surface area contributed by atoms with Gasteiger partial charge in [-0.25, -0.2) is 0 Å². The van der Waals surface area contributed by atoms with Crippen LogP contribution in [0.25, 0.3) is 0 Å². The van der Waals surface area contributed by atoms with Crippen LogP contribution in [0.5, 0.6) is 0 Å². The molecule has 0 saturated heterocycles. The minimum Gasteiger partial charge on any atom is -1.00 e. The van der Waals surface area contributed by atoms with E-state index in [0.29, 0.717) is 17.4 Å². The molecule has 0 unspecified atom stereocenters. The number of halogens is 1. The first-order chi connectivity index (χ1) is 16.2. The molecule has 0 bridgehead atoms. The lowest BCUT2D eigenvalue weighted by molar-refractivity contribution is -0.873. The van der Waals surface area contributed by atoms with E-state index in [1.807, 2.05) is 21.1 Å². The number of esters is 1. The monoisotopic (exact) mass is 519 g/mol. The van der Waals surface area contributed by atoms with E-state index in [4.69, 9.17) is 9.84 Å². The second kappa shape index (κ2) is 24.9. The van der Waals surface area contributed by atoms with Crippen LogP contribution in [-0.4, -0.2) is 55.3 Å². The Balaban J connectivity index is 0. The van der Waals surface area contributed by atoms with Gasteiger partial charge in [-0.05, 0) is 6.42 Å². The number of carbonyl (C=O) groups is 2. The summed E-state index contributed by atoms with van der Waals surface area (Å²) in [5.41, 5.74) is 0. The molecule has 1 N–H and O–H groups in total. The molecule has 0 spiro atoms. The van der Waals surface area contributed by atoms with Crippen molar-refractivity contribution >= 4 is 11.9 Å². The number of carbonyl (C=O) groups excluding carboxylic acids is 1. The number of hydrogen-bond donors (Lipinski definition) is 1. The molecule has 0 aliphatic rings. The summed E-state index contributed by atoms with van der Waals surface area (Å²) >= 11 is 0. The standard InChI is InChI=1S/C29H57NO4.ClH/c1-5-6-7-8-9-10-11-12-13-14-15-16-17-18-19-20-21-22-23-24-29(33)34-27(25-28(31)32)26-30(2,3)4;/h27H,5-26H2,1-4H3;1H/t27-;/m1./s1. The van der Waals surface area contributed by atoms with E-state index >= 15 is 0 Å². The Hall–Kier alpha value is -0.810. The largest absolute Gasteiger partial charge is 1.00 e. The van der Waals surface area contributed by atoms with Gasteiger partial charge in [0.05, 0.1) is 27.6 Å². The molecule has 1 atom stereocenters. The Kier molecular flexibility index (Phi) is 25.8.